The Balaban J connectivity index is 3.33. The smallest absolute Gasteiger partial charge is 0.163 e. The maximum absolute atomic E-state index is 9.26. The highest BCUT2D eigenvalue weighted by Gasteiger charge is 2.20. The fourth-order valence-corrected chi connectivity index (χ4v) is 1.09. The van der Waals surface area contributed by atoms with Gasteiger partial charge in [-0.1, -0.05) is 6.42 Å². The van der Waals surface area contributed by atoms with Crippen molar-refractivity contribution in [1.29, 1.82) is 0 Å². The summed E-state index contributed by atoms with van der Waals surface area (Å²) in [6, 6.07) is 0. The number of unbranched alkanes of at least 4 members (excludes halogenated alkanes) is 2. The first-order chi connectivity index (χ1) is 5.62. The molecule has 0 aromatic carbocycles. The van der Waals surface area contributed by atoms with Crippen LogP contribution in [0.5, 0.6) is 0 Å². The van der Waals surface area contributed by atoms with Crippen LogP contribution < -0.4 is 11.5 Å². The second-order valence-corrected chi connectivity index (χ2v) is 3.12. The molecule has 0 aromatic heterocycles. The molecule has 0 amide bonds. The quantitative estimate of drug-likeness (QED) is 0.312. The van der Waals surface area contributed by atoms with Crippen molar-refractivity contribution >= 4 is 0 Å². The van der Waals surface area contributed by atoms with Crippen LogP contribution in [0.15, 0.2) is 0 Å². The monoisotopic (exact) mass is 176 g/mol. The van der Waals surface area contributed by atoms with Crippen LogP contribution in [-0.4, -0.2) is 29.1 Å². The maximum atomic E-state index is 9.26. The molecular weight excluding hydrogens is 156 g/mol. The Bertz CT molecular complexity index is 107. The summed E-state index contributed by atoms with van der Waals surface area (Å²) in [7, 11) is 0. The summed E-state index contributed by atoms with van der Waals surface area (Å²) in [5, 5.41) is 18.5. The molecule has 0 aliphatic carbocycles. The van der Waals surface area contributed by atoms with E-state index in [0.717, 1.165) is 19.3 Å². The second kappa shape index (κ2) is 6.37. The van der Waals surface area contributed by atoms with E-state index in [1.165, 1.54) is 0 Å². The highest BCUT2D eigenvalue weighted by atomic mass is 16.5. The van der Waals surface area contributed by atoms with Crippen LogP contribution in [0.2, 0.25) is 0 Å². The topological polar surface area (TPSA) is 92.5 Å². The summed E-state index contributed by atoms with van der Waals surface area (Å²) in [5.74, 6) is -1.57. The summed E-state index contributed by atoms with van der Waals surface area (Å²) < 4.78 is 0. The van der Waals surface area contributed by atoms with Crippen LogP contribution in [0.3, 0.4) is 0 Å². The number of rotatable bonds is 7. The Morgan fingerprint density at radius 1 is 0.833 bits per heavy atom. The Labute approximate surface area is 73.6 Å². The second-order valence-electron chi connectivity index (χ2n) is 3.12. The van der Waals surface area contributed by atoms with Crippen LogP contribution in [0.25, 0.3) is 0 Å². The third-order valence-corrected chi connectivity index (χ3v) is 1.83. The zero-order chi connectivity index (χ0) is 9.45. The Kier molecular flexibility index (Phi) is 6.28. The lowest BCUT2D eigenvalue weighted by Gasteiger charge is -2.20. The van der Waals surface area contributed by atoms with Crippen molar-refractivity contribution in [2.45, 2.75) is 37.9 Å². The molecular formula is C8H20N2O2. The number of hydrogen-bond acceptors (Lipinski definition) is 4. The molecule has 4 heteroatoms. The normalized spacial score (nSPS) is 12.0. The van der Waals surface area contributed by atoms with Crippen molar-refractivity contribution in [3.05, 3.63) is 0 Å². The molecule has 0 aliphatic heterocycles. The molecule has 0 radical (unpaired) electrons. The molecule has 0 saturated carbocycles. The predicted molar refractivity (Wildman–Crippen MR) is 48.4 cm³/mol. The van der Waals surface area contributed by atoms with Crippen LogP contribution in [0.4, 0.5) is 0 Å². The first kappa shape index (κ1) is 11.8. The van der Waals surface area contributed by atoms with Crippen molar-refractivity contribution in [2.75, 3.05) is 13.1 Å². The lowest BCUT2D eigenvalue weighted by Crippen LogP contribution is -2.30. The summed E-state index contributed by atoms with van der Waals surface area (Å²) in [6.07, 6.45) is 3.33. The zero-order valence-electron chi connectivity index (χ0n) is 7.50. The Morgan fingerprint density at radius 3 is 2.00 bits per heavy atom. The highest BCUT2D eigenvalue weighted by molar-refractivity contribution is 4.64. The first-order valence-corrected chi connectivity index (χ1v) is 4.47. The van der Waals surface area contributed by atoms with Gasteiger partial charge < -0.3 is 21.7 Å². The van der Waals surface area contributed by atoms with E-state index in [1.54, 1.807) is 0 Å². The van der Waals surface area contributed by atoms with E-state index in [9.17, 15) is 10.2 Å². The van der Waals surface area contributed by atoms with E-state index in [-0.39, 0.29) is 6.42 Å². The number of hydrogen-bond donors (Lipinski definition) is 4. The highest BCUT2D eigenvalue weighted by Crippen LogP contribution is 2.14. The average molecular weight is 176 g/mol. The fourth-order valence-electron chi connectivity index (χ4n) is 1.09. The molecule has 0 unspecified atom stereocenters. The van der Waals surface area contributed by atoms with E-state index in [0.29, 0.717) is 19.5 Å². The molecule has 12 heavy (non-hydrogen) atoms. The lowest BCUT2D eigenvalue weighted by molar-refractivity contribution is -0.169. The van der Waals surface area contributed by atoms with Gasteiger partial charge in [0, 0.05) is 12.8 Å². The summed E-state index contributed by atoms with van der Waals surface area (Å²) in [6.45, 7) is 0.977. The molecule has 0 spiro atoms. The molecule has 0 fully saturated rings. The van der Waals surface area contributed by atoms with E-state index in [2.05, 4.69) is 0 Å². The van der Waals surface area contributed by atoms with Gasteiger partial charge in [0.15, 0.2) is 5.79 Å². The van der Waals surface area contributed by atoms with Crippen molar-refractivity contribution in [3.63, 3.8) is 0 Å². The SMILES string of the molecule is NCCCCCC(O)(O)CCN. The summed E-state index contributed by atoms with van der Waals surface area (Å²) in [4.78, 5) is 0. The predicted octanol–water partition coefficient (Wildman–Crippen LogP) is -0.465. The first-order valence-electron chi connectivity index (χ1n) is 4.47. The fraction of sp³-hybridized carbons (Fsp3) is 1.00. The average Bonchev–Trinajstić information content (AvgIpc) is 1.98. The van der Waals surface area contributed by atoms with Gasteiger partial charge in [-0.15, -0.1) is 0 Å². The van der Waals surface area contributed by atoms with Gasteiger partial charge in [0.05, 0.1) is 0 Å². The molecule has 0 aliphatic rings. The third-order valence-electron chi connectivity index (χ3n) is 1.83. The standard InChI is InChI=1S/C8H20N2O2/c9-6-3-1-2-4-8(11,12)5-7-10/h11-12H,1-7,9-10H2. The van der Waals surface area contributed by atoms with Crippen molar-refractivity contribution in [1.82, 2.24) is 0 Å². The van der Waals surface area contributed by atoms with Gasteiger partial charge in [-0.3, -0.25) is 0 Å². The Hall–Kier alpha value is -0.160. The zero-order valence-corrected chi connectivity index (χ0v) is 7.50. The molecule has 0 atom stereocenters. The molecule has 4 nitrogen and oxygen atoms in total. The van der Waals surface area contributed by atoms with Crippen LogP contribution >= 0.6 is 0 Å². The molecule has 74 valence electrons. The van der Waals surface area contributed by atoms with Gasteiger partial charge in [0.25, 0.3) is 0 Å². The van der Waals surface area contributed by atoms with Gasteiger partial charge in [-0.25, -0.2) is 0 Å². The molecule has 0 bridgehead atoms. The molecule has 0 rings (SSSR count). The largest absolute Gasteiger partial charge is 0.366 e. The van der Waals surface area contributed by atoms with Gasteiger partial charge in [-0.05, 0) is 25.9 Å². The van der Waals surface area contributed by atoms with E-state index in [1.807, 2.05) is 0 Å². The van der Waals surface area contributed by atoms with Crippen molar-refractivity contribution in [2.24, 2.45) is 11.5 Å². The van der Waals surface area contributed by atoms with E-state index in [4.69, 9.17) is 11.5 Å². The van der Waals surface area contributed by atoms with Gasteiger partial charge in [0.2, 0.25) is 0 Å². The van der Waals surface area contributed by atoms with Crippen LogP contribution in [0, 0.1) is 0 Å². The lowest BCUT2D eigenvalue weighted by atomic mass is 10.0. The third kappa shape index (κ3) is 6.54. The number of aliphatic hydroxyl groups is 2. The molecule has 0 aromatic rings. The van der Waals surface area contributed by atoms with Crippen molar-refractivity contribution < 1.29 is 10.2 Å². The molecule has 6 N–H and O–H groups in total. The molecule has 0 heterocycles. The van der Waals surface area contributed by atoms with Crippen LogP contribution in [0.1, 0.15) is 32.1 Å². The molecule has 0 saturated heterocycles. The maximum Gasteiger partial charge on any atom is 0.163 e. The number of nitrogens with two attached hydrogens (primary N) is 2. The summed E-state index contributed by atoms with van der Waals surface area (Å²) in [5.41, 5.74) is 10.5. The van der Waals surface area contributed by atoms with Crippen molar-refractivity contribution in [3.8, 4) is 0 Å². The van der Waals surface area contributed by atoms with E-state index < -0.39 is 5.79 Å². The van der Waals surface area contributed by atoms with Gasteiger partial charge in [-0.2, -0.15) is 0 Å². The van der Waals surface area contributed by atoms with Gasteiger partial charge in [0.1, 0.15) is 0 Å². The van der Waals surface area contributed by atoms with Gasteiger partial charge >= 0.3 is 0 Å². The minimum atomic E-state index is -1.57. The van der Waals surface area contributed by atoms with E-state index >= 15 is 0 Å². The minimum Gasteiger partial charge on any atom is -0.366 e. The summed E-state index contributed by atoms with van der Waals surface area (Å²) >= 11 is 0. The minimum absolute atomic E-state index is 0.246. The van der Waals surface area contributed by atoms with Crippen LogP contribution in [-0.2, 0) is 0 Å². The Morgan fingerprint density at radius 2 is 1.50 bits per heavy atom.